The lowest BCUT2D eigenvalue weighted by Crippen LogP contribution is -2.28. The smallest absolute Gasteiger partial charge is 0.269 e. The SMILES string of the molecule is COc1c2c(c(NC(=O)c3snnc3C)c3c1OCO3)CCN(C)C2. The minimum absolute atomic E-state index is 0.106. The monoisotopic (exact) mass is 362 g/mol. The van der Waals surface area contributed by atoms with Gasteiger partial charge in [-0.3, -0.25) is 4.79 Å². The van der Waals surface area contributed by atoms with E-state index in [9.17, 15) is 4.79 Å². The zero-order valence-corrected chi connectivity index (χ0v) is 15.0. The maximum atomic E-state index is 12.7. The van der Waals surface area contributed by atoms with E-state index in [1.165, 1.54) is 0 Å². The summed E-state index contributed by atoms with van der Waals surface area (Å²) in [4.78, 5) is 15.4. The first-order chi connectivity index (χ1) is 12.1. The predicted octanol–water partition coefficient (Wildman–Crippen LogP) is 1.82. The first-order valence-corrected chi connectivity index (χ1v) is 8.67. The number of carbonyl (C=O) groups excluding carboxylic acids is 1. The summed E-state index contributed by atoms with van der Waals surface area (Å²) in [5, 5.41) is 6.89. The van der Waals surface area contributed by atoms with Crippen LogP contribution in [0.4, 0.5) is 5.69 Å². The van der Waals surface area contributed by atoms with Gasteiger partial charge in [0.05, 0.1) is 18.5 Å². The molecule has 3 heterocycles. The van der Waals surface area contributed by atoms with Crippen molar-refractivity contribution in [2.45, 2.75) is 19.9 Å². The van der Waals surface area contributed by atoms with E-state index >= 15 is 0 Å². The van der Waals surface area contributed by atoms with E-state index < -0.39 is 0 Å². The number of carbonyl (C=O) groups is 1. The van der Waals surface area contributed by atoms with E-state index in [4.69, 9.17) is 14.2 Å². The van der Waals surface area contributed by atoms with E-state index in [0.29, 0.717) is 33.5 Å². The van der Waals surface area contributed by atoms with Gasteiger partial charge in [0.2, 0.25) is 12.5 Å². The van der Waals surface area contributed by atoms with Crippen LogP contribution in [0, 0.1) is 6.92 Å². The number of hydrogen-bond acceptors (Lipinski definition) is 8. The highest BCUT2D eigenvalue weighted by Gasteiger charge is 2.33. The Labute approximate surface area is 148 Å². The molecule has 0 bridgehead atoms. The Bertz CT molecular complexity index is 851. The largest absolute Gasteiger partial charge is 0.492 e. The number of ether oxygens (including phenoxy) is 3. The van der Waals surface area contributed by atoms with Gasteiger partial charge in [0.25, 0.3) is 5.91 Å². The lowest BCUT2D eigenvalue weighted by Gasteiger charge is -2.29. The number of rotatable bonds is 3. The number of likely N-dealkylation sites (N-methyl/N-ethyl adjacent to an activating group) is 1. The molecular weight excluding hydrogens is 344 g/mol. The Morgan fingerprint density at radius 2 is 2.12 bits per heavy atom. The molecule has 0 atom stereocenters. The Balaban J connectivity index is 1.82. The molecule has 0 aliphatic carbocycles. The summed E-state index contributed by atoms with van der Waals surface area (Å²) in [6.45, 7) is 3.48. The third kappa shape index (κ3) is 2.59. The van der Waals surface area contributed by atoms with Crippen LogP contribution < -0.4 is 19.5 Å². The maximum Gasteiger partial charge on any atom is 0.269 e. The minimum atomic E-state index is -0.239. The van der Waals surface area contributed by atoms with Crippen molar-refractivity contribution in [1.29, 1.82) is 0 Å². The van der Waals surface area contributed by atoms with Gasteiger partial charge >= 0.3 is 0 Å². The topological polar surface area (TPSA) is 85.8 Å². The average molecular weight is 362 g/mol. The van der Waals surface area contributed by atoms with Gasteiger partial charge in [-0.2, -0.15) is 0 Å². The Morgan fingerprint density at radius 1 is 1.32 bits per heavy atom. The van der Waals surface area contributed by atoms with Crippen molar-refractivity contribution in [1.82, 2.24) is 14.5 Å². The van der Waals surface area contributed by atoms with E-state index in [-0.39, 0.29) is 12.7 Å². The van der Waals surface area contributed by atoms with E-state index in [1.807, 2.05) is 0 Å². The highest BCUT2D eigenvalue weighted by Crippen LogP contribution is 2.52. The number of fused-ring (bicyclic) bond motifs is 2. The molecule has 9 heteroatoms. The van der Waals surface area contributed by atoms with E-state index in [2.05, 4.69) is 26.9 Å². The predicted molar refractivity (Wildman–Crippen MR) is 91.8 cm³/mol. The zero-order valence-electron chi connectivity index (χ0n) is 14.2. The van der Waals surface area contributed by atoms with Gasteiger partial charge in [-0.15, -0.1) is 5.10 Å². The molecule has 1 aromatic carbocycles. The molecule has 2 aromatic rings. The van der Waals surface area contributed by atoms with E-state index in [1.54, 1.807) is 14.0 Å². The lowest BCUT2D eigenvalue weighted by molar-refractivity contribution is 0.102. The lowest BCUT2D eigenvalue weighted by atomic mass is 9.95. The van der Waals surface area contributed by atoms with Crippen LogP contribution in [0.1, 0.15) is 26.5 Å². The summed E-state index contributed by atoms with van der Waals surface area (Å²) >= 11 is 1.08. The van der Waals surface area contributed by atoms with Crippen molar-refractivity contribution < 1.29 is 19.0 Å². The second-order valence-corrected chi connectivity index (χ2v) is 6.81. The minimum Gasteiger partial charge on any atom is -0.492 e. The number of aromatic nitrogens is 2. The van der Waals surface area contributed by atoms with Gasteiger partial charge in [0.15, 0.2) is 11.5 Å². The van der Waals surface area contributed by atoms with Crippen LogP contribution >= 0.6 is 11.5 Å². The second kappa shape index (κ2) is 6.16. The van der Waals surface area contributed by atoms with Gasteiger partial charge in [-0.1, -0.05) is 4.49 Å². The molecule has 0 spiro atoms. The highest BCUT2D eigenvalue weighted by atomic mass is 32.1. The number of aryl methyl sites for hydroxylation is 1. The van der Waals surface area contributed by atoms with Gasteiger partial charge in [0, 0.05) is 18.7 Å². The Hall–Kier alpha value is -2.39. The fourth-order valence-electron chi connectivity index (χ4n) is 3.25. The molecular formula is C16H18N4O4S. The molecule has 1 amide bonds. The summed E-state index contributed by atoms with van der Waals surface area (Å²) in [7, 11) is 3.67. The Kier molecular flexibility index (Phi) is 3.97. The highest BCUT2D eigenvalue weighted by molar-refractivity contribution is 7.08. The number of amides is 1. The molecule has 132 valence electrons. The van der Waals surface area contributed by atoms with Crippen LogP contribution in [0.25, 0.3) is 0 Å². The van der Waals surface area contributed by atoms with Gasteiger partial charge < -0.3 is 24.4 Å². The van der Waals surface area contributed by atoms with Crippen molar-refractivity contribution in [3.63, 3.8) is 0 Å². The number of anilines is 1. The normalized spacial score (nSPS) is 15.8. The molecule has 25 heavy (non-hydrogen) atoms. The van der Waals surface area contributed by atoms with Crippen LogP contribution in [0.2, 0.25) is 0 Å². The third-order valence-electron chi connectivity index (χ3n) is 4.46. The molecule has 1 aromatic heterocycles. The number of hydrogen-bond donors (Lipinski definition) is 1. The summed E-state index contributed by atoms with van der Waals surface area (Å²) in [6, 6.07) is 0. The van der Waals surface area contributed by atoms with Crippen LogP contribution in [0.15, 0.2) is 0 Å². The van der Waals surface area contributed by atoms with Crippen LogP contribution in [0.3, 0.4) is 0 Å². The standard InChI is InChI=1S/C16H18N4O4S/c1-8-15(25-19-18-8)16(21)17-11-9-4-5-20(2)6-10(9)12(22-3)14-13(11)23-7-24-14/h4-7H2,1-3H3,(H,17,21). The summed E-state index contributed by atoms with van der Waals surface area (Å²) in [5.41, 5.74) is 3.32. The molecule has 0 unspecified atom stereocenters. The van der Waals surface area contributed by atoms with Crippen molar-refractivity contribution in [2.75, 3.05) is 32.8 Å². The fraction of sp³-hybridized carbons (Fsp3) is 0.438. The summed E-state index contributed by atoms with van der Waals surface area (Å²) < 4.78 is 20.7. The number of benzene rings is 1. The van der Waals surface area contributed by atoms with Crippen molar-refractivity contribution in [2.24, 2.45) is 0 Å². The van der Waals surface area contributed by atoms with Gasteiger partial charge in [-0.25, -0.2) is 0 Å². The quantitative estimate of drug-likeness (QED) is 0.891. The zero-order chi connectivity index (χ0) is 17.6. The van der Waals surface area contributed by atoms with Gasteiger partial charge in [0.1, 0.15) is 4.88 Å². The molecule has 4 rings (SSSR count). The molecule has 0 radical (unpaired) electrons. The van der Waals surface area contributed by atoms with Crippen LogP contribution in [0.5, 0.6) is 17.2 Å². The van der Waals surface area contributed by atoms with Crippen LogP contribution in [-0.2, 0) is 13.0 Å². The molecule has 0 saturated heterocycles. The molecule has 0 saturated carbocycles. The number of methoxy groups -OCH3 is 1. The first kappa shape index (κ1) is 16.1. The summed E-state index contributed by atoms with van der Waals surface area (Å²) in [5.74, 6) is 1.52. The van der Waals surface area contributed by atoms with Crippen molar-refractivity contribution in [3.05, 3.63) is 21.7 Å². The molecule has 8 nitrogen and oxygen atoms in total. The summed E-state index contributed by atoms with van der Waals surface area (Å²) in [6.07, 6.45) is 0.786. The second-order valence-electron chi connectivity index (χ2n) is 6.06. The van der Waals surface area contributed by atoms with Gasteiger partial charge in [-0.05, 0) is 37.5 Å². The third-order valence-corrected chi connectivity index (χ3v) is 5.28. The average Bonchev–Trinajstić information content (AvgIpc) is 3.23. The van der Waals surface area contributed by atoms with Crippen molar-refractivity contribution >= 4 is 23.1 Å². The van der Waals surface area contributed by atoms with Crippen LogP contribution in [-0.4, -0.2) is 47.9 Å². The maximum absolute atomic E-state index is 12.7. The first-order valence-electron chi connectivity index (χ1n) is 7.90. The fourth-order valence-corrected chi connectivity index (χ4v) is 3.80. The molecule has 1 N–H and O–H groups in total. The number of nitrogens with zero attached hydrogens (tertiary/aromatic N) is 3. The van der Waals surface area contributed by atoms with Crippen molar-refractivity contribution in [3.8, 4) is 17.2 Å². The number of nitrogens with one attached hydrogen (secondary N) is 1. The molecule has 0 fully saturated rings. The molecule has 2 aliphatic heterocycles. The molecule has 2 aliphatic rings. The van der Waals surface area contributed by atoms with E-state index in [0.717, 1.165) is 42.2 Å². The Morgan fingerprint density at radius 3 is 2.84 bits per heavy atom.